The molecular weight excluding hydrogens is 311 g/mol. The van der Waals surface area contributed by atoms with Crippen molar-refractivity contribution in [3.63, 3.8) is 0 Å². The van der Waals surface area contributed by atoms with Crippen LogP contribution in [0.4, 0.5) is 10.3 Å². The van der Waals surface area contributed by atoms with Crippen molar-refractivity contribution in [2.45, 2.75) is 20.4 Å². The van der Waals surface area contributed by atoms with Crippen LogP contribution in [0, 0.1) is 12.9 Å². The minimum Gasteiger partial charge on any atom is -0.272 e. The van der Waals surface area contributed by atoms with Gasteiger partial charge in [-0.3, -0.25) is 4.68 Å². The normalized spacial score (nSPS) is 11.3. The summed E-state index contributed by atoms with van der Waals surface area (Å²) in [4.78, 5) is 8.49. The third kappa shape index (κ3) is 3.00. The number of anilines is 1. The summed E-state index contributed by atoms with van der Waals surface area (Å²) in [5.41, 5.74) is 5.65. The molecule has 0 aliphatic heterocycles. The van der Waals surface area contributed by atoms with Crippen molar-refractivity contribution in [3.05, 3.63) is 41.9 Å². The Kier molecular flexibility index (Phi) is 4.32. The predicted molar refractivity (Wildman–Crippen MR) is 88.0 cm³/mol. The summed E-state index contributed by atoms with van der Waals surface area (Å²) in [5.74, 6) is -0.112. The highest BCUT2D eigenvalue weighted by atomic mass is 19.1. The molecule has 0 atom stereocenters. The van der Waals surface area contributed by atoms with E-state index in [2.05, 4.69) is 30.7 Å². The van der Waals surface area contributed by atoms with Crippen LogP contribution in [0.25, 0.3) is 11.3 Å². The second kappa shape index (κ2) is 6.57. The highest BCUT2D eigenvalue weighted by Gasteiger charge is 2.09. The minimum absolute atomic E-state index is 0.295. The standard InChI is InChI=1S/C15H17FN8/c1-4-24-14(16)11(8-20-24)7-18-22-15-17-6-5-13(21-15)12-9-19-23(3)10(12)2/h5-9H,4H2,1-3H3,(H,17,21,22). The number of nitrogens with zero attached hydrogens (tertiary/aromatic N) is 7. The monoisotopic (exact) mass is 328 g/mol. The van der Waals surface area contributed by atoms with Gasteiger partial charge in [-0.1, -0.05) is 0 Å². The van der Waals surface area contributed by atoms with Crippen LogP contribution in [-0.4, -0.2) is 35.7 Å². The average Bonchev–Trinajstić information content (AvgIpc) is 3.11. The molecule has 0 spiro atoms. The van der Waals surface area contributed by atoms with Crippen molar-refractivity contribution in [2.24, 2.45) is 12.1 Å². The van der Waals surface area contributed by atoms with Crippen LogP contribution in [0.2, 0.25) is 0 Å². The molecular formula is C15H17FN8. The number of aromatic nitrogens is 6. The number of hydrogen-bond acceptors (Lipinski definition) is 6. The second-order valence-corrected chi connectivity index (χ2v) is 5.11. The van der Waals surface area contributed by atoms with Crippen LogP contribution in [0.3, 0.4) is 0 Å². The van der Waals surface area contributed by atoms with Crippen molar-refractivity contribution in [1.82, 2.24) is 29.5 Å². The van der Waals surface area contributed by atoms with Gasteiger partial charge in [-0.05, 0) is 19.9 Å². The van der Waals surface area contributed by atoms with Crippen molar-refractivity contribution in [3.8, 4) is 11.3 Å². The van der Waals surface area contributed by atoms with Gasteiger partial charge in [0.1, 0.15) is 0 Å². The lowest BCUT2D eigenvalue weighted by atomic mass is 10.2. The van der Waals surface area contributed by atoms with E-state index in [0.29, 0.717) is 18.1 Å². The number of aryl methyl sites for hydroxylation is 2. The summed E-state index contributed by atoms with van der Waals surface area (Å²) >= 11 is 0. The maximum Gasteiger partial charge on any atom is 0.244 e. The Balaban J connectivity index is 1.76. The zero-order valence-electron chi connectivity index (χ0n) is 13.6. The fraction of sp³-hybridized carbons (Fsp3) is 0.267. The number of hydrogen-bond donors (Lipinski definition) is 1. The summed E-state index contributed by atoms with van der Waals surface area (Å²) in [6.07, 6.45) is 6.14. The van der Waals surface area contributed by atoms with Crippen molar-refractivity contribution in [2.75, 3.05) is 5.43 Å². The van der Waals surface area contributed by atoms with Gasteiger partial charge < -0.3 is 0 Å². The Bertz CT molecular complexity index is 879. The fourth-order valence-electron chi connectivity index (χ4n) is 2.16. The van der Waals surface area contributed by atoms with E-state index in [1.807, 2.05) is 20.9 Å². The molecule has 0 aromatic carbocycles. The largest absolute Gasteiger partial charge is 0.272 e. The summed E-state index contributed by atoms with van der Waals surface area (Å²) < 4.78 is 16.9. The molecule has 0 amide bonds. The fourth-order valence-corrected chi connectivity index (χ4v) is 2.16. The van der Waals surface area contributed by atoms with Gasteiger partial charge in [0, 0.05) is 31.0 Å². The van der Waals surface area contributed by atoms with Gasteiger partial charge in [0.05, 0.1) is 29.9 Å². The van der Waals surface area contributed by atoms with Crippen LogP contribution >= 0.6 is 0 Å². The molecule has 0 bridgehead atoms. The van der Waals surface area contributed by atoms with Gasteiger partial charge in [0.15, 0.2) is 0 Å². The van der Waals surface area contributed by atoms with Crippen LogP contribution in [0.15, 0.2) is 29.8 Å². The van der Waals surface area contributed by atoms with Gasteiger partial charge in [-0.2, -0.15) is 19.7 Å². The molecule has 3 aromatic heterocycles. The molecule has 0 saturated heterocycles. The topological polar surface area (TPSA) is 85.8 Å². The summed E-state index contributed by atoms with van der Waals surface area (Å²) in [6.45, 7) is 4.24. The molecule has 0 unspecified atom stereocenters. The number of halogens is 1. The lowest BCUT2D eigenvalue weighted by molar-refractivity contribution is 0.470. The quantitative estimate of drug-likeness (QED) is 0.572. The van der Waals surface area contributed by atoms with E-state index >= 15 is 0 Å². The van der Waals surface area contributed by atoms with Crippen molar-refractivity contribution >= 4 is 12.2 Å². The van der Waals surface area contributed by atoms with Gasteiger partial charge in [0.25, 0.3) is 0 Å². The molecule has 0 aliphatic carbocycles. The smallest absolute Gasteiger partial charge is 0.244 e. The summed E-state index contributed by atoms with van der Waals surface area (Å²) in [5, 5.41) is 12.1. The average molecular weight is 328 g/mol. The SMILES string of the molecule is CCn1ncc(C=NNc2nccc(-c3cnn(C)c3C)n2)c1F. The van der Waals surface area contributed by atoms with Crippen molar-refractivity contribution < 1.29 is 4.39 Å². The molecule has 0 aliphatic rings. The highest BCUT2D eigenvalue weighted by Crippen LogP contribution is 2.20. The van der Waals surface area contributed by atoms with Gasteiger partial charge in [0.2, 0.25) is 11.9 Å². The summed E-state index contributed by atoms with van der Waals surface area (Å²) in [7, 11) is 1.87. The Labute approximate surface area is 138 Å². The zero-order valence-corrected chi connectivity index (χ0v) is 13.6. The third-order valence-electron chi connectivity index (χ3n) is 3.64. The maximum absolute atomic E-state index is 13.8. The van der Waals surface area contributed by atoms with Gasteiger partial charge in [-0.25, -0.2) is 20.1 Å². The Hall–Kier alpha value is -3.10. The molecule has 3 rings (SSSR count). The first-order valence-corrected chi connectivity index (χ1v) is 7.42. The maximum atomic E-state index is 13.8. The van der Waals surface area contributed by atoms with E-state index in [4.69, 9.17) is 0 Å². The predicted octanol–water partition coefficient (Wildman–Crippen LogP) is 1.99. The molecule has 8 nitrogen and oxygen atoms in total. The van der Waals surface area contributed by atoms with Crippen molar-refractivity contribution in [1.29, 1.82) is 0 Å². The van der Waals surface area contributed by atoms with Crippen LogP contribution in [0.5, 0.6) is 0 Å². The number of nitrogens with one attached hydrogen (secondary N) is 1. The van der Waals surface area contributed by atoms with E-state index in [-0.39, 0.29) is 0 Å². The Morgan fingerprint density at radius 3 is 2.83 bits per heavy atom. The van der Waals surface area contributed by atoms with E-state index in [1.54, 1.807) is 23.1 Å². The first kappa shape index (κ1) is 15.8. The molecule has 1 N–H and O–H groups in total. The molecule has 0 fully saturated rings. The molecule has 3 heterocycles. The van der Waals surface area contributed by atoms with E-state index in [9.17, 15) is 4.39 Å². The molecule has 9 heteroatoms. The van der Waals surface area contributed by atoms with Gasteiger partial charge in [-0.15, -0.1) is 0 Å². The van der Waals surface area contributed by atoms with Crippen LogP contribution in [0.1, 0.15) is 18.2 Å². The van der Waals surface area contributed by atoms with E-state index < -0.39 is 5.95 Å². The van der Waals surface area contributed by atoms with E-state index in [1.165, 1.54) is 17.1 Å². The number of rotatable bonds is 5. The Morgan fingerprint density at radius 2 is 2.17 bits per heavy atom. The first-order valence-electron chi connectivity index (χ1n) is 7.42. The highest BCUT2D eigenvalue weighted by molar-refractivity contribution is 5.79. The Morgan fingerprint density at radius 1 is 1.33 bits per heavy atom. The third-order valence-corrected chi connectivity index (χ3v) is 3.64. The van der Waals surface area contributed by atoms with Crippen LogP contribution < -0.4 is 5.43 Å². The molecule has 0 radical (unpaired) electrons. The van der Waals surface area contributed by atoms with Gasteiger partial charge >= 0.3 is 0 Å². The molecule has 124 valence electrons. The summed E-state index contributed by atoms with van der Waals surface area (Å²) in [6, 6.07) is 1.80. The molecule has 0 saturated carbocycles. The number of hydrazone groups is 1. The zero-order chi connectivity index (χ0) is 17.1. The van der Waals surface area contributed by atoms with E-state index in [0.717, 1.165) is 17.0 Å². The lowest BCUT2D eigenvalue weighted by Gasteiger charge is -2.02. The minimum atomic E-state index is -0.427. The molecule has 24 heavy (non-hydrogen) atoms. The van der Waals surface area contributed by atoms with Crippen LogP contribution in [-0.2, 0) is 13.6 Å². The lowest BCUT2D eigenvalue weighted by Crippen LogP contribution is -2.01. The molecule has 3 aromatic rings. The second-order valence-electron chi connectivity index (χ2n) is 5.11. The first-order chi connectivity index (χ1) is 11.6.